The van der Waals surface area contributed by atoms with Crippen LogP contribution in [0.4, 0.5) is 0 Å². The third-order valence-corrected chi connectivity index (χ3v) is 7.07. The lowest BCUT2D eigenvalue weighted by molar-refractivity contribution is -0.138. The van der Waals surface area contributed by atoms with E-state index in [9.17, 15) is 9.59 Å². The van der Waals surface area contributed by atoms with Gasteiger partial charge in [0.25, 0.3) is 5.91 Å². The van der Waals surface area contributed by atoms with Gasteiger partial charge in [-0.3, -0.25) is 14.6 Å². The predicted octanol–water partition coefficient (Wildman–Crippen LogP) is 4.62. The van der Waals surface area contributed by atoms with E-state index in [1.54, 1.807) is 30.4 Å². The summed E-state index contributed by atoms with van der Waals surface area (Å²) in [5.74, 6) is 0.582. The summed E-state index contributed by atoms with van der Waals surface area (Å²) in [6, 6.07) is 7.33. The summed E-state index contributed by atoms with van der Waals surface area (Å²) in [4.78, 5) is 31.8. The molecule has 0 unspecified atom stereocenters. The smallest absolute Gasteiger partial charge is 0.263 e. The van der Waals surface area contributed by atoms with Crippen molar-refractivity contribution in [2.24, 2.45) is 0 Å². The van der Waals surface area contributed by atoms with Gasteiger partial charge in [-0.05, 0) is 90.0 Å². The number of carbonyl (C=O) groups is 2. The fourth-order valence-electron chi connectivity index (χ4n) is 4.22. The number of thiophene rings is 1. The summed E-state index contributed by atoms with van der Waals surface area (Å²) >= 11 is 7.61. The third kappa shape index (κ3) is 5.59. The van der Waals surface area contributed by atoms with Gasteiger partial charge >= 0.3 is 0 Å². The van der Waals surface area contributed by atoms with Crippen LogP contribution in [0.5, 0.6) is 5.75 Å². The Bertz CT molecular complexity index is 1200. The van der Waals surface area contributed by atoms with Gasteiger partial charge in [0.05, 0.1) is 6.42 Å². The van der Waals surface area contributed by atoms with Crippen LogP contribution in [0.15, 0.2) is 41.2 Å². The molecule has 2 amide bonds. The topological polar surface area (TPSA) is 71.5 Å². The van der Waals surface area contributed by atoms with Crippen LogP contribution in [0, 0.1) is 13.8 Å². The number of nitrogens with one attached hydrogen (secondary N) is 1. The Morgan fingerprint density at radius 2 is 2.12 bits per heavy atom. The van der Waals surface area contributed by atoms with E-state index in [0.717, 1.165) is 27.9 Å². The number of benzene rings is 1. The van der Waals surface area contributed by atoms with Crippen molar-refractivity contribution in [2.75, 3.05) is 6.54 Å². The molecule has 0 fully saturated rings. The average Bonchev–Trinajstić information content (AvgIpc) is 3.32. The van der Waals surface area contributed by atoms with Crippen molar-refractivity contribution in [3.8, 4) is 5.75 Å². The molecule has 34 heavy (non-hydrogen) atoms. The van der Waals surface area contributed by atoms with Gasteiger partial charge in [-0.1, -0.05) is 11.6 Å². The number of nitrogens with zero attached hydrogens (tertiary/aromatic N) is 2. The Kier molecular flexibility index (Phi) is 7.54. The molecule has 4 rings (SSSR count). The van der Waals surface area contributed by atoms with Crippen molar-refractivity contribution < 1.29 is 14.3 Å². The molecule has 0 aliphatic carbocycles. The monoisotopic (exact) mass is 497 g/mol. The molecular formula is C26H28ClN3O3S. The van der Waals surface area contributed by atoms with Crippen LogP contribution in [-0.2, 0) is 35.5 Å². The second-order valence-electron chi connectivity index (χ2n) is 8.59. The van der Waals surface area contributed by atoms with Gasteiger partial charge < -0.3 is 15.0 Å². The maximum absolute atomic E-state index is 13.1. The molecule has 1 aliphatic heterocycles. The zero-order valence-corrected chi connectivity index (χ0v) is 21.1. The summed E-state index contributed by atoms with van der Waals surface area (Å²) in [6.45, 7) is 7.15. The highest BCUT2D eigenvalue weighted by atomic mass is 35.5. The van der Waals surface area contributed by atoms with Gasteiger partial charge in [0.15, 0.2) is 6.10 Å². The number of pyridine rings is 1. The molecule has 3 aromatic rings. The molecule has 1 aliphatic rings. The predicted molar refractivity (Wildman–Crippen MR) is 134 cm³/mol. The van der Waals surface area contributed by atoms with Gasteiger partial charge in [-0.15, -0.1) is 0 Å². The second-order valence-corrected chi connectivity index (χ2v) is 9.81. The van der Waals surface area contributed by atoms with Gasteiger partial charge in [0.2, 0.25) is 5.91 Å². The normalized spacial score (nSPS) is 13.8. The number of aryl methyl sites for hydroxylation is 2. The first kappa shape index (κ1) is 24.2. The van der Waals surface area contributed by atoms with Gasteiger partial charge in [0, 0.05) is 36.5 Å². The summed E-state index contributed by atoms with van der Waals surface area (Å²) in [5.41, 5.74) is 6.05. The molecule has 0 radical (unpaired) electrons. The van der Waals surface area contributed by atoms with E-state index in [0.29, 0.717) is 43.2 Å². The van der Waals surface area contributed by atoms with Crippen LogP contribution in [0.2, 0.25) is 5.02 Å². The number of hydrogen-bond donors (Lipinski definition) is 1. The van der Waals surface area contributed by atoms with Gasteiger partial charge in [-0.25, -0.2) is 0 Å². The van der Waals surface area contributed by atoms with E-state index in [2.05, 4.69) is 10.3 Å². The van der Waals surface area contributed by atoms with E-state index in [4.69, 9.17) is 16.3 Å². The van der Waals surface area contributed by atoms with Crippen LogP contribution in [0.25, 0.3) is 0 Å². The molecule has 2 aromatic heterocycles. The largest absolute Gasteiger partial charge is 0.481 e. The molecule has 178 valence electrons. The Balaban J connectivity index is 1.41. The van der Waals surface area contributed by atoms with Crippen molar-refractivity contribution in [1.29, 1.82) is 0 Å². The summed E-state index contributed by atoms with van der Waals surface area (Å²) < 4.78 is 5.94. The number of amides is 2. The van der Waals surface area contributed by atoms with Crippen molar-refractivity contribution in [1.82, 2.24) is 15.2 Å². The number of carbonyl (C=O) groups excluding carboxylic acids is 2. The fourth-order valence-corrected chi connectivity index (χ4v) is 5.11. The van der Waals surface area contributed by atoms with Gasteiger partial charge in [0.1, 0.15) is 5.75 Å². The first-order chi connectivity index (χ1) is 16.3. The number of hydrogen-bond acceptors (Lipinski definition) is 5. The van der Waals surface area contributed by atoms with Crippen LogP contribution in [-0.4, -0.2) is 34.3 Å². The third-order valence-electron chi connectivity index (χ3n) is 6.10. The molecule has 1 N–H and O–H groups in total. The minimum Gasteiger partial charge on any atom is -0.481 e. The average molecular weight is 498 g/mol. The van der Waals surface area contributed by atoms with E-state index in [1.807, 2.05) is 47.8 Å². The lowest BCUT2D eigenvalue weighted by Gasteiger charge is -2.32. The Hall–Kier alpha value is -2.90. The molecule has 6 nitrogen and oxygen atoms in total. The molecule has 1 aromatic carbocycles. The van der Waals surface area contributed by atoms with Crippen LogP contribution < -0.4 is 10.1 Å². The second kappa shape index (κ2) is 10.6. The summed E-state index contributed by atoms with van der Waals surface area (Å²) in [6.07, 6.45) is 2.32. The SMILES string of the molecule is Cc1cc(Cl)ccc1O[C@@H](C)C(=O)N1CCc2c(cnc(C)c2CNC(=O)Cc2ccsc2)C1. The molecule has 0 spiro atoms. The first-order valence-corrected chi connectivity index (χ1v) is 12.6. The van der Waals surface area contributed by atoms with Gasteiger partial charge in [-0.2, -0.15) is 11.3 Å². The lowest BCUT2D eigenvalue weighted by Crippen LogP contribution is -2.43. The van der Waals surface area contributed by atoms with Crippen LogP contribution in [0.1, 0.15) is 40.4 Å². The lowest BCUT2D eigenvalue weighted by atomic mass is 9.94. The Labute approximate surface area is 208 Å². The van der Waals surface area contributed by atoms with E-state index in [-0.39, 0.29) is 11.8 Å². The fraction of sp³-hybridized carbons (Fsp3) is 0.346. The van der Waals surface area contributed by atoms with Crippen LogP contribution in [0.3, 0.4) is 0 Å². The molecule has 3 heterocycles. The zero-order chi connectivity index (χ0) is 24.2. The molecule has 8 heteroatoms. The minimum atomic E-state index is -0.615. The molecule has 0 bridgehead atoms. The maximum Gasteiger partial charge on any atom is 0.263 e. The zero-order valence-electron chi connectivity index (χ0n) is 19.6. The quantitative estimate of drug-likeness (QED) is 0.517. The van der Waals surface area contributed by atoms with Crippen LogP contribution >= 0.6 is 22.9 Å². The molecular weight excluding hydrogens is 470 g/mol. The van der Waals surface area contributed by atoms with Crippen molar-refractivity contribution in [2.45, 2.75) is 52.8 Å². The highest BCUT2D eigenvalue weighted by Crippen LogP contribution is 2.26. The van der Waals surface area contributed by atoms with Crippen molar-refractivity contribution in [3.05, 3.63) is 79.8 Å². The number of ether oxygens (including phenoxy) is 1. The molecule has 1 atom stereocenters. The minimum absolute atomic E-state index is 0.00789. The van der Waals surface area contributed by atoms with Crippen molar-refractivity contribution in [3.63, 3.8) is 0 Å². The number of fused-ring (bicyclic) bond motifs is 1. The highest BCUT2D eigenvalue weighted by molar-refractivity contribution is 7.08. The Morgan fingerprint density at radius 3 is 2.85 bits per heavy atom. The highest BCUT2D eigenvalue weighted by Gasteiger charge is 2.28. The first-order valence-electron chi connectivity index (χ1n) is 11.3. The van der Waals surface area contributed by atoms with E-state index >= 15 is 0 Å². The molecule has 0 saturated heterocycles. The Morgan fingerprint density at radius 1 is 1.29 bits per heavy atom. The number of halogens is 1. The van der Waals surface area contributed by atoms with E-state index in [1.165, 1.54) is 5.56 Å². The maximum atomic E-state index is 13.1. The van der Waals surface area contributed by atoms with Crippen molar-refractivity contribution >= 4 is 34.8 Å². The molecule has 0 saturated carbocycles. The number of aromatic nitrogens is 1. The standard InChI is InChI=1S/C26H28ClN3O3S/c1-16-10-21(27)4-5-24(16)33-18(3)26(32)30-8-6-22-20(14-30)12-28-17(2)23(22)13-29-25(31)11-19-7-9-34-15-19/h4-5,7,9-10,12,15,18H,6,8,11,13-14H2,1-3H3,(H,29,31)/t18-/m0/s1. The number of rotatable bonds is 7. The summed E-state index contributed by atoms with van der Waals surface area (Å²) in [7, 11) is 0. The van der Waals surface area contributed by atoms with E-state index < -0.39 is 6.10 Å². The summed E-state index contributed by atoms with van der Waals surface area (Å²) in [5, 5.41) is 7.63.